The monoisotopic (exact) mass is 158 g/mol. The van der Waals surface area contributed by atoms with Gasteiger partial charge in [-0.1, -0.05) is 33.1 Å². The fourth-order valence-electron chi connectivity index (χ4n) is 0.775. The molecule has 0 saturated carbocycles. The number of unbranched alkanes of at least 4 members (excludes halogenated alkanes) is 3. The average Bonchev–Trinajstić information content (AvgIpc) is 1.97. The van der Waals surface area contributed by atoms with Crippen molar-refractivity contribution in [3.05, 3.63) is 0 Å². The van der Waals surface area contributed by atoms with Gasteiger partial charge in [-0.3, -0.25) is 0 Å². The van der Waals surface area contributed by atoms with Gasteiger partial charge in [0, 0.05) is 6.61 Å². The van der Waals surface area contributed by atoms with Crippen LogP contribution < -0.4 is 0 Å². The summed E-state index contributed by atoms with van der Waals surface area (Å²) in [4.78, 5) is 0. The van der Waals surface area contributed by atoms with Crippen molar-refractivity contribution in [2.24, 2.45) is 0 Å². The van der Waals surface area contributed by atoms with Crippen molar-refractivity contribution in [3.63, 3.8) is 0 Å². The third-order valence-corrected chi connectivity index (χ3v) is 2.04. The lowest BCUT2D eigenvalue weighted by Crippen LogP contribution is -1.98. The molecule has 0 atom stereocenters. The lowest BCUT2D eigenvalue weighted by atomic mass is 10.2. The predicted octanol–water partition coefficient (Wildman–Crippen LogP) is 2.64. The van der Waals surface area contributed by atoms with Gasteiger partial charge in [0.25, 0.3) is 0 Å². The Kier molecular flexibility index (Phi) is 9.34. The fraction of sp³-hybridized carbons (Fsp3) is 1.00. The van der Waals surface area contributed by atoms with Gasteiger partial charge in [0.15, 0.2) is 0 Å². The molecule has 0 heterocycles. The Hall–Kier alpha value is 0.177. The maximum Gasteiger partial charge on any atom is 0.229 e. The van der Waals surface area contributed by atoms with Crippen molar-refractivity contribution >= 4 is 9.76 Å². The lowest BCUT2D eigenvalue weighted by Gasteiger charge is -1.99. The number of rotatable bonds is 7. The first-order chi connectivity index (χ1) is 4.91. The van der Waals surface area contributed by atoms with Crippen molar-refractivity contribution in [2.45, 2.75) is 45.6 Å². The summed E-state index contributed by atoms with van der Waals surface area (Å²) < 4.78 is 5.36. The molecule has 0 aliphatic rings. The first-order valence-electron chi connectivity index (χ1n) is 4.26. The van der Waals surface area contributed by atoms with Crippen LogP contribution in [-0.2, 0) is 4.43 Å². The zero-order valence-electron chi connectivity index (χ0n) is 7.15. The van der Waals surface area contributed by atoms with Crippen LogP contribution in [0.1, 0.15) is 39.5 Å². The summed E-state index contributed by atoms with van der Waals surface area (Å²) in [7, 11) is 0.727. The largest absolute Gasteiger partial charge is 0.417 e. The molecule has 0 aliphatic heterocycles. The van der Waals surface area contributed by atoms with Crippen LogP contribution in [0.3, 0.4) is 0 Å². The molecule has 10 heavy (non-hydrogen) atoms. The molecule has 0 bridgehead atoms. The van der Waals surface area contributed by atoms with E-state index >= 15 is 0 Å². The molecule has 0 amide bonds. The van der Waals surface area contributed by atoms with Gasteiger partial charge in [-0.05, 0) is 12.5 Å². The van der Waals surface area contributed by atoms with Crippen LogP contribution in [-0.4, -0.2) is 16.4 Å². The molecule has 0 aromatic rings. The summed E-state index contributed by atoms with van der Waals surface area (Å²) in [6.45, 7) is 5.37. The molecule has 0 aliphatic carbocycles. The molecule has 0 aromatic carbocycles. The van der Waals surface area contributed by atoms with Crippen molar-refractivity contribution in [1.29, 1.82) is 0 Å². The van der Waals surface area contributed by atoms with Gasteiger partial charge < -0.3 is 4.43 Å². The second-order valence-electron chi connectivity index (χ2n) is 2.41. The molecule has 0 spiro atoms. The second-order valence-corrected chi connectivity index (χ2v) is 3.69. The minimum atomic E-state index is 0.727. The second kappa shape index (κ2) is 9.18. The summed E-state index contributed by atoms with van der Waals surface area (Å²) >= 11 is 0. The zero-order chi connectivity index (χ0) is 7.66. The molecule has 0 rings (SSSR count). The molecule has 0 aromatic heterocycles. The third-order valence-electron chi connectivity index (χ3n) is 1.35. The Bertz CT molecular complexity index is 49.2. The summed E-state index contributed by atoms with van der Waals surface area (Å²) in [5, 5.41) is 0. The molecule has 2 heteroatoms. The summed E-state index contributed by atoms with van der Waals surface area (Å²) in [6.07, 6.45) is 5.26. The first kappa shape index (κ1) is 10.2. The van der Waals surface area contributed by atoms with Crippen molar-refractivity contribution in [3.8, 4) is 0 Å². The van der Waals surface area contributed by atoms with Crippen LogP contribution in [0.25, 0.3) is 0 Å². The standard InChI is InChI=1S/C8H18OSi/c1-3-5-6-7-8-9-10-4-2/h3-8H2,1-2H3. The minimum Gasteiger partial charge on any atom is -0.417 e. The summed E-state index contributed by atoms with van der Waals surface area (Å²) in [5.41, 5.74) is 0. The third kappa shape index (κ3) is 8.18. The van der Waals surface area contributed by atoms with Crippen LogP contribution in [0, 0.1) is 0 Å². The number of hydrogen-bond donors (Lipinski definition) is 0. The van der Waals surface area contributed by atoms with Crippen molar-refractivity contribution in [2.75, 3.05) is 6.61 Å². The molecule has 0 saturated heterocycles. The minimum absolute atomic E-state index is 0.727. The lowest BCUT2D eigenvalue weighted by molar-refractivity contribution is 0.321. The highest BCUT2D eigenvalue weighted by atomic mass is 28.2. The van der Waals surface area contributed by atoms with E-state index < -0.39 is 0 Å². The van der Waals surface area contributed by atoms with Gasteiger partial charge in [-0.2, -0.15) is 0 Å². The Labute approximate surface area is 67.1 Å². The topological polar surface area (TPSA) is 9.23 Å². The average molecular weight is 158 g/mol. The molecule has 0 unspecified atom stereocenters. The fourth-order valence-corrected chi connectivity index (χ4v) is 1.27. The van der Waals surface area contributed by atoms with Gasteiger partial charge in [0.1, 0.15) is 0 Å². The Morgan fingerprint density at radius 3 is 2.50 bits per heavy atom. The highest BCUT2D eigenvalue weighted by Crippen LogP contribution is 1.98. The van der Waals surface area contributed by atoms with E-state index in [1.165, 1.54) is 31.7 Å². The maximum atomic E-state index is 5.36. The van der Waals surface area contributed by atoms with E-state index in [2.05, 4.69) is 13.8 Å². The van der Waals surface area contributed by atoms with E-state index in [0.29, 0.717) is 0 Å². The van der Waals surface area contributed by atoms with Crippen molar-refractivity contribution < 1.29 is 4.43 Å². The summed E-state index contributed by atoms with van der Waals surface area (Å²) in [5.74, 6) is 0. The van der Waals surface area contributed by atoms with E-state index in [1.54, 1.807) is 0 Å². The van der Waals surface area contributed by atoms with Crippen LogP contribution in [0.4, 0.5) is 0 Å². The van der Waals surface area contributed by atoms with Crippen LogP contribution in [0.15, 0.2) is 0 Å². The van der Waals surface area contributed by atoms with Crippen molar-refractivity contribution in [1.82, 2.24) is 0 Å². The molecule has 2 radical (unpaired) electrons. The highest BCUT2D eigenvalue weighted by Gasteiger charge is 1.88. The van der Waals surface area contributed by atoms with E-state index in [-0.39, 0.29) is 0 Å². The first-order valence-corrected chi connectivity index (χ1v) is 5.38. The molecule has 0 N–H and O–H groups in total. The van der Waals surface area contributed by atoms with Crippen LogP contribution in [0.2, 0.25) is 6.04 Å². The molecule has 60 valence electrons. The molecule has 0 fully saturated rings. The van der Waals surface area contributed by atoms with E-state index in [0.717, 1.165) is 16.4 Å². The Morgan fingerprint density at radius 2 is 1.90 bits per heavy atom. The number of hydrogen-bond acceptors (Lipinski definition) is 1. The van der Waals surface area contributed by atoms with Gasteiger partial charge >= 0.3 is 0 Å². The highest BCUT2D eigenvalue weighted by molar-refractivity contribution is 6.26. The van der Waals surface area contributed by atoms with Gasteiger partial charge in [-0.25, -0.2) is 0 Å². The van der Waals surface area contributed by atoms with Crippen LogP contribution >= 0.6 is 0 Å². The van der Waals surface area contributed by atoms with E-state index in [9.17, 15) is 0 Å². The smallest absolute Gasteiger partial charge is 0.229 e. The van der Waals surface area contributed by atoms with Gasteiger partial charge in [0.05, 0.1) is 0 Å². The molecular weight excluding hydrogens is 140 g/mol. The normalized spacial score (nSPS) is 10.2. The van der Waals surface area contributed by atoms with Crippen LogP contribution in [0.5, 0.6) is 0 Å². The molecule has 1 nitrogen and oxygen atoms in total. The SMILES string of the molecule is CCCCCCO[Si]CC. The maximum absolute atomic E-state index is 5.36. The van der Waals surface area contributed by atoms with E-state index in [4.69, 9.17) is 4.43 Å². The summed E-state index contributed by atoms with van der Waals surface area (Å²) in [6, 6.07) is 1.17. The zero-order valence-corrected chi connectivity index (χ0v) is 8.15. The predicted molar refractivity (Wildman–Crippen MR) is 46.3 cm³/mol. The van der Waals surface area contributed by atoms with Gasteiger partial charge in [-0.15, -0.1) is 0 Å². The Morgan fingerprint density at radius 1 is 1.10 bits per heavy atom. The molecular formula is C8H18OSi. The van der Waals surface area contributed by atoms with Gasteiger partial charge in [0.2, 0.25) is 9.76 Å². The quantitative estimate of drug-likeness (QED) is 0.409. The Balaban J connectivity index is 2.65. The van der Waals surface area contributed by atoms with E-state index in [1.807, 2.05) is 0 Å².